The Morgan fingerprint density at radius 1 is 1.24 bits per heavy atom. The summed E-state index contributed by atoms with van der Waals surface area (Å²) in [5.41, 5.74) is 3.33. The van der Waals surface area contributed by atoms with Crippen molar-refractivity contribution in [1.82, 2.24) is 0 Å². The average molecular weight is 280 g/mol. The lowest BCUT2D eigenvalue weighted by Gasteiger charge is -2.09. The topological polar surface area (TPSA) is 62.1 Å². The lowest BCUT2D eigenvalue weighted by Crippen LogP contribution is -2.13. The fourth-order valence-corrected chi connectivity index (χ4v) is 2.05. The molecule has 21 heavy (non-hydrogen) atoms. The molecule has 0 saturated heterocycles. The summed E-state index contributed by atoms with van der Waals surface area (Å²) in [5, 5.41) is 11.3. The molecule has 2 aromatic rings. The van der Waals surface area contributed by atoms with Crippen molar-refractivity contribution < 1.29 is 9.53 Å². The van der Waals surface area contributed by atoms with Crippen molar-refractivity contribution in [2.75, 3.05) is 11.9 Å². The Hall–Kier alpha value is -2.80. The molecule has 1 amide bonds. The van der Waals surface area contributed by atoms with Gasteiger partial charge in [0.15, 0.2) is 6.61 Å². The standard InChI is InChI=1S/C17H16N2O2/c1-12-6-7-16(13(2)10-12)17(20)19-14-4-3-5-15(11-14)21-9-8-18/h3-7,10-11H,9H2,1-2H3,(H,19,20). The summed E-state index contributed by atoms with van der Waals surface area (Å²) in [4.78, 5) is 12.3. The highest BCUT2D eigenvalue weighted by Gasteiger charge is 2.09. The van der Waals surface area contributed by atoms with Gasteiger partial charge in [0, 0.05) is 17.3 Å². The number of hydrogen-bond acceptors (Lipinski definition) is 3. The predicted molar refractivity (Wildman–Crippen MR) is 81.4 cm³/mol. The van der Waals surface area contributed by atoms with Crippen molar-refractivity contribution in [2.24, 2.45) is 0 Å². The third kappa shape index (κ3) is 3.83. The Morgan fingerprint density at radius 3 is 2.76 bits per heavy atom. The zero-order valence-electron chi connectivity index (χ0n) is 12.0. The van der Waals surface area contributed by atoms with E-state index in [0.29, 0.717) is 17.0 Å². The fraction of sp³-hybridized carbons (Fsp3) is 0.176. The molecule has 0 unspecified atom stereocenters. The van der Waals surface area contributed by atoms with Gasteiger partial charge >= 0.3 is 0 Å². The second-order valence-electron chi connectivity index (χ2n) is 4.75. The van der Waals surface area contributed by atoms with E-state index in [2.05, 4.69) is 5.32 Å². The molecule has 0 radical (unpaired) electrons. The molecule has 0 saturated carbocycles. The molecular weight excluding hydrogens is 264 g/mol. The molecule has 2 aromatic carbocycles. The van der Waals surface area contributed by atoms with Crippen molar-refractivity contribution in [3.63, 3.8) is 0 Å². The van der Waals surface area contributed by atoms with E-state index in [-0.39, 0.29) is 12.5 Å². The second-order valence-corrected chi connectivity index (χ2v) is 4.75. The first-order valence-electron chi connectivity index (χ1n) is 6.58. The molecule has 4 heteroatoms. The molecule has 4 nitrogen and oxygen atoms in total. The Balaban J connectivity index is 2.14. The van der Waals surface area contributed by atoms with E-state index >= 15 is 0 Å². The monoisotopic (exact) mass is 280 g/mol. The van der Waals surface area contributed by atoms with E-state index in [1.54, 1.807) is 24.3 Å². The first-order chi connectivity index (χ1) is 10.1. The number of benzene rings is 2. The number of nitrogens with zero attached hydrogens (tertiary/aromatic N) is 1. The van der Waals surface area contributed by atoms with Gasteiger partial charge in [-0.2, -0.15) is 5.26 Å². The molecule has 0 atom stereocenters. The van der Waals surface area contributed by atoms with Crippen molar-refractivity contribution >= 4 is 11.6 Å². The van der Waals surface area contributed by atoms with Crippen LogP contribution in [-0.4, -0.2) is 12.5 Å². The number of hydrogen-bond donors (Lipinski definition) is 1. The average Bonchev–Trinajstić information content (AvgIpc) is 2.45. The quantitative estimate of drug-likeness (QED) is 0.932. The van der Waals surface area contributed by atoms with Crippen LogP contribution in [0.5, 0.6) is 5.75 Å². The van der Waals surface area contributed by atoms with Gasteiger partial charge in [0.1, 0.15) is 11.8 Å². The molecule has 1 N–H and O–H groups in total. The number of carbonyl (C=O) groups is 1. The summed E-state index contributed by atoms with van der Waals surface area (Å²) in [6.45, 7) is 3.88. The van der Waals surface area contributed by atoms with Gasteiger partial charge in [0.05, 0.1) is 0 Å². The number of aryl methyl sites for hydroxylation is 2. The molecule has 0 fully saturated rings. The largest absolute Gasteiger partial charge is 0.479 e. The van der Waals surface area contributed by atoms with E-state index in [1.165, 1.54) is 0 Å². The smallest absolute Gasteiger partial charge is 0.255 e. The lowest BCUT2D eigenvalue weighted by molar-refractivity contribution is 0.102. The van der Waals surface area contributed by atoms with Gasteiger partial charge in [0.2, 0.25) is 0 Å². The number of nitrogens with one attached hydrogen (secondary N) is 1. The molecule has 0 bridgehead atoms. The zero-order valence-corrected chi connectivity index (χ0v) is 12.0. The van der Waals surface area contributed by atoms with Crippen LogP contribution in [0.1, 0.15) is 21.5 Å². The number of ether oxygens (including phenoxy) is 1. The van der Waals surface area contributed by atoms with Crippen molar-refractivity contribution in [3.05, 3.63) is 59.2 Å². The number of nitriles is 1. The van der Waals surface area contributed by atoms with E-state index in [9.17, 15) is 4.79 Å². The van der Waals surface area contributed by atoms with Crippen LogP contribution >= 0.6 is 0 Å². The SMILES string of the molecule is Cc1ccc(C(=O)Nc2cccc(OCC#N)c2)c(C)c1. The van der Waals surface area contributed by atoms with Crippen LogP contribution in [0.25, 0.3) is 0 Å². The van der Waals surface area contributed by atoms with Gasteiger partial charge < -0.3 is 10.1 Å². The van der Waals surface area contributed by atoms with Crippen molar-refractivity contribution in [3.8, 4) is 11.8 Å². The molecule has 2 rings (SSSR count). The van der Waals surface area contributed by atoms with Gasteiger partial charge in [0.25, 0.3) is 5.91 Å². The zero-order chi connectivity index (χ0) is 15.2. The summed E-state index contributed by atoms with van der Waals surface area (Å²) in [6, 6.07) is 14.6. The Bertz CT molecular complexity index is 702. The fourth-order valence-electron chi connectivity index (χ4n) is 2.05. The highest BCUT2D eigenvalue weighted by Crippen LogP contribution is 2.19. The first kappa shape index (κ1) is 14.6. The highest BCUT2D eigenvalue weighted by molar-refractivity contribution is 6.05. The minimum Gasteiger partial charge on any atom is -0.479 e. The van der Waals surface area contributed by atoms with Crippen LogP contribution in [0.15, 0.2) is 42.5 Å². The van der Waals surface area contributed by atoms with Crippen LogP contribution in [0.3, 0.4) is 0 Å². The molecule has 0 aliphatic rings. The highest BCUT2D eigenvalue weighted by atomic mass is 16.5. The minimum atomic E-state index is -0.162. The molecule has 0 spiro atoms. The van der Waals surface area contributed by atoms with Gasteiger partial charge in [-0.15, -0.1) is 0 Å². The van der Waals surface area contributed by atoms with E-state index in [4.69, 9.17) is 10.00 Å². The van der Waals surface area contributed by atoms with Crippen LogP contribution < -0.4 is 10.1 Å². The van der Waals surface area contributed by atoms with Crippen molar-refractivity contribution in [2.45, 2.75) is 13.8 Å². The van der Waals surface area contributed by atoms with Crippen LogP contribution in [0.4, 0.5) is 5.69 Å². The first-order valence-corrected chi connectivity index (χ1v) is 6.58. The molecule has 0 aliphatic heterocycles. The molecule has 0 aliphatic carbocycles. The van der Waals surface area contributed by atoms with Gasteiger partial charge in [-0.25, -0.2) is 0 Å². The minimum absolute atomic E-state index is 0.0194. The van der Waals surface area contributed by atoms with E-state index in [0.717, 1.165) is 11.1 Å². The number of anilines is 1. The maximum Gasteiger partial charge on any atom is 0.255 e. The van der Waals surface area contributed by atoms with Crippen LogP contribution in [-0.2, 0) is 0 Å². The number of rotatable bonds is 4. The Kier molecular flexibility index (Phi) is 4.57. The Labute approximate surface area is 124 Å². The van der Waals surface area contributed by atoms with Gasteiger partial charge in [-0.3, -0.25) is 4.79 Å². The van der Waals surface area contributed by atoms with E-state index in [1.807, 2.05) is 38.1 Å². The lowest BCUT2D eigenvalue weighted by atomic mass is 10.1. The third-order valence-corrected chi connectivity index (χ3v) is 3.02. The summed E-state index contributed by atoms with van der Waals surface area (Å²) < 4.78 is 5.21. The third-order valence-electron chi connectivity index (χ3n) is 3.02. The summed E-state index contributed by atoms with van der Waals surface area (Å²) in [6.07, 6.45) is 0. The molecule has 106 valence electrons. The maximum absolute atomic E-state index is 12.3. The summed E-state index contributed by atoms with van der Waals surface area (Å²) in [5.74, 6) is 0.389. The Morgan fingerprint density at radius 2 is 2.05 bits per heavy atom. The van der Waals surface area contributed by atoms with Crippen molar-refractivity contribution in [1.29, 1.82) is 5.26 Å². The molecular formula is C17H16N2O2. The molecule has 0 aromatic heterocycles. The summed E-state index contributed by atoms with van der Waals surface area (Å²) >= 11 is 0. The maximum atomic E-state index is 12.3. The van der Waals surface area contributed by atoms with E-state index < -0.39 is 0 Å². The number of carbonyl (C=O) groups excluding carboxylic acids is 1. The van der Waals surface area contributed by atoms with Crippen LogP contribution in [0, 0.1) is 25.2 Å². The van der Waals surface area contributed by atoms with Crippen LogP contribution in [0.2, 0.25) is 0 Å². The van der Waals surface area contributed by atoms with Gasteiger partial charge in [-0.05, 0) is 37.6 Å². The molecule has 0 heterocycles. The normalized spacial score (nSPS) is 9.76. The number of amides is 1. The summed E-state index contributed by atoms with van der Waals surface area (Å²) in [7, 11) is 0. The second kappa shape index (κ2) is 6.58. The van der Waals surface area contributed by atoms with Gasteiger partial charge in [-0.1, -0.05) is 23.8 Å². The predicted octanol–water partition coefficient (Wildman–Crippen LogP) is 3.46.